The third-order valence-corrected chi connectivity index (χ3v) is 2.35. The Kier molecular flexibility index (Phi) is 12.4. The summed E-state index contributed by atoms with van der Waals surface area (Å²) in [7, 11) is 0. The summed E-state index contributed by atoms with van der Waals surface area (Å²) < 4.78 is 4.84. The second-order valence-corrected chi connectivity index (χ2v) is 3.84. The number of hydrogen-bond donors (Lipinski definition) is 2. The first kappa shape index (κ1) is 17.9. The highest BCUT2D eigenvalue weighted by atomic mass is 35.5. The lowest BCUT2D eigenvalue weighted by atomic mass is 10.2. The second kappa shape index (κ2) is 11.0. The van der Waals surface area contributed by atoms with Gasteiger partial charge in [0.15, 0.2) is 0 Å². The Balaban J connectivity index is 0. The molecule has 0 aromatic heterocycles. The zero-order chi connectivity index (χ0) is 11.7. The third-order valence-electron chi connectivity index (χ3n) is 1.70. The molecule has 0 saturated heterocycles. The van der Waals surface area contributed by atoms with Crippen molar-refractivity contribution in [3.05, 3.63) is 0 Å². The number of thioether (sulfide) groups is 1. The maximum absolute atomic E-state index is 11.4. The molecule has 0 aliphatic heterocycles. The van der Waals surface area contributed by atoms with E-state index >= 15 is 0 Å². The summed E-state index contributed by atoms with van der Waals surface area (Å²) >= 11 is 1.61. The molecule has 5 nitrogen and oxygen atoms in total. The quantitative estimate of drug-likeness (QED) is 0.645. The minimum absolute atomic E-state index is 0. The van der Waals surface area contributed by atoms with Crippen molar-refractivity contribution < 1.29 is 14.3 Å². The highest BCUT2D eigenvalue weighted by Crippen LogP contribution is 2.02. The fourth-order valence-corrected chi connectivity index (χ4v) is 1.45. The summed E-state index contributed by atoms with van der Waals surface area (Å²) in [5.74, 6) is 0.0523. The van der Waals surface area contributed by atoms with Gasteiger partial charge in [-0.15, -0.1) is 12.4 Å². The minimum Gasteiger partial charge on any atom is -0.464 e. The van der Waals surface area contributed by atoms with Gasteiger partial charge in [-0.1, -0.05) is 0 Å². The fourth-order valence-electron chi connectivity index (χ4n) is 0.981. The van der Waals surface area contributed by atoms with Crippen molar-refractivity contribution in [2.75, 3.05) is 25.2 Å². The first-order valence-electron chi connectivity index (χ1n) is 4.80. The van der Waals surface area contributed by atoms with Crippen LogP contribution in [0.5, 0.6) is 0 Å². The number of rotatable bonds is 7. The first-order chi connectivity index (χ1) is 7.15. The van der Waals surface area contributed by atoms with Crippen LogP contribution in [-0.4, -0.2) is 43.1 Å². The molecule has 0 spiro atoms. The maximum atomic E-state index is 11.4. The molecule has 0 fully saturated rings. The van der Waals surface area contributed by atoms with Gasteiger partial charge in [-0.25, -0.2) is 4.79 Å². The van der Waals surface area contributed by atoms with Crippen molar-refractivity contribution in [2.45, 2.75) is 19.4 Å². The summed E-state index contributed by atoms with van der Waals surface area (Å²) in [6.45, 7) is 1.93. The van der Waals surface area contributed by atoms with Crippen molar-refractivity contribution in [1.29, 1.82) is 0 Å². The third kappa shape index (κ3) is 7.78. The molecule has 0 aliphatic carbocycles. The number of nitrogens with two attached hydrogens (primary N) is 1. The van der Waals surface area contributed by atoms with E-state index in [4.69, 9.17) is 10.5 Å². The van der Waals surface area contributed by atoms with E-state index in [1.54, 1.807) is 18.7 Å². The number of esters is 1. The summed E-state index contributed by atoms with van der Waals surface area (Å²) in [5.41, 5.74) is 5.15. The molecule has 0 saturated carbocycles. The van der Waals surface area contributed by atoms with Crippen LogP contribution in [0.3, 0.4) is 0 Å². The average molecular weight is 271 g/mol. The molecule has 7 heteroatoms. The van der Waals surface area contributed by atoms with Gasteiger partial charge >= 0.3 is 5.97 Å². The van der Waals surface area contributed by atoms with E-state index in [2.05, 4.69) is 5.32 Å². The van der Waals surface area contributed by atoms with E-state index < -0.39 is 12.0 Å². The molecule has 16 heavy (non-hydrogen) atoms. The normalized spacial score (nSPS) is 11.2. The van der Waals surface area contributed by atoms with Gasteiger partial charge in [-0.05, 0) is 25.4 Å². The Morgan fingerprint density at radius 3 is 2.56 bits per heavy atom. The number of nitrogens with one attached hydrogen (secondary N) is 1. The smallest absolute Gasteiger partial charge is 0.328 e. The van der Waals surface area contributed by atoms with Crippen molar-refractivity contribution in [3.63, 3.8) is 0 Å². The highest BCUT2D eigenvalue weighted by Gasteiger charge is 2.20. The molecule has 1 atom stereocenters. The van der Waals surface area contributed by atoms with Gasteiger partial charge in [-0.2, -0.15) is 11.8 Å². The number of hydrogen-bond acceptors (Lipinski definition) is 5. The average Bonchev–Trinajstić information content (AvgIpc) is 2.24. The van der Waals surface area contributed by atoms with E-state index in [9.17, 15) is 9.59 Å². The van der Waals surface area contributed by atoms with Crippen LogP contribution in [-0.2, 0) is 14.3 Å². The lowest BCUT2D eigenvalue weighted by Gasteiger charge is -2.16. The van der Waals surface area contributed by atoms with Crippen LogP contribution >= 0.6 is 24.2 Å². The van der Waals surface area contributed by atoms with Gasteiger partial charge in [-0.3, -0.25) is 4.79 Å². The van der Waals surface area contributed by atoms with Crippen LogP contribution in [0.2, 0.25) is 0 Å². The molecule has 3 N–H and O–H groups in total. The molecule has 0 aromatic rings. The van der Waals surface area contributed by atoms with Crippen LogP contribution in [0.1, 0.15) is 13.3 Å². The predicted molar refractivity (Wildman–Crippen MR) is 67.9 cm³/mol. The molecule has 0 aliphatic rings. The number of carbonyl (C=O) groups is 2. The highest BCUT2D eigenvalue weighted by molar-refractivity contribution is 7.98. The SMILES string of the molecule is CCOC(=O)[C@H](CCSC)NC(=O)CN.Cl. The lowest BCUT2D eigenvalue weighted by Crippen LogP contribution is -2.44. The van der Waals surface area contributed by atoms with Crippen molar-refractivity contribution >= 4 is 36.0 Å². The van der Waals surface area contributed by atoms with Gasteiger partial charge in [0.1, 0.15) is 6.04 Å². The van der Waals surface area contributed by atoms with Crippen molar-refractivity contribution in [3.8, 4) is 0 Å². The molecular weight excluding hydrogens is 252 g/mol. The molecule has 0 rings (SSSR count). The summed E-state index contributed by atoms with van der Waals surface area (Å²) in [5, 5.41) is 2.53. The van der Waals surface area contributed by atoms with Crippen molar-refractivity contribution in [2.24, 2.45) is 5.73 Å². The Morgan fingerprint density at radius 1 is 1.50 bits per heavy atom. The molecule has 1 amide bonds. The number of amides is 1. The number of carbonyl (C=O) groups excluding carboxylic acids is 2. The summed E-state index contributed by atoms with van der Waals surface area (Å²) in [6, 6.07) is -0.576. The summed E-state index contributed by atoms with van der Waals surface area (Å²) in [4.78, 5) is 22.5. The molecule has 0 radical (unpaired) electrons. The Hall–Kier alpha value is -0.460. The van der Waals surface area contributed by atoms with Crippen LogP contribution < -0.4 is 11.1 Å². The van der Waals surface area contributed by atoms with E-state index in [1.807, 2.05) is 6.26 Å². The summed E-state index contributed by atoms with van der Waals surface area (Å²) in [6.07, 6.45) is 2.50. The molecular formula is C9H19ClN2O3S. The lowest BCUT2D eigenvalue weighted by molar-refractivity contribution is -0.147. The topological polar surface area (TPSA) is 81.4 Å². The number of ether oxygens (including phenoxy) is 1. The van der Waals surface area contributed by atoms with E-state index in [0.29, 0.717) is 13.0 Å². The van der Waals surface area contributed by atoms with E-state index in [1.165, 1.54) is 0 Å². The van der Waals surface area contributed by atoms with Crippen LogP contribution in [0.15, 0.2) is 0 Å². The molecule has 0 bridgehead atoms. The molecule has 0 aromatic carbocycles. The van der Waals surface area contributed by atoms with Gasteiger partial charge < -0.3 is 15.8 Å². The van der Waals surface area contributed by atoms with E-state index in [-0.39, 0.29) is 24.9 Å². The van der Waals surface area contributed by atoms with Crippen LogP contribution in [0.25, 0.3) is 0 Å². The zero-order valence-corrected chi connectivity index (χ0v) is 11.2. The fraction of sp³-hybridized carbons (Fsp3) is 0.778. The zero-order valence-electron chi connectivity index (χ0n) is 9.52. The van der Waals surface area contributed by atoms with Gasteiger partial charge in [0.25, 0.3) is 0 Å². The molecule has 96 valence electrons. The Labute approximate surface area is 106 Å². The van der Waals surface area contributed by atoms with Crippen LogP contribution in [0.4, 0.5) is 0 Å². The van der Waals surface area contributed by atoms with Crippen molar-refractivity contribution in [1.82, 2.24) is 5.32 Å². The standard InChI is InChI=1S/C9H18N2O3S.ClH/c1-3-14-9(13)7(4-5-15-2)11-8(12)6-10;/h7H,3-6,10H2,1-2H3,(H,11,12);1H/t7-;/m0./s1. The second-order valence-electron chi connectivity index (χ2n) is 2.86. The largest absolute Gasteiger partial charge is 0.464 e. The Bertz CT molecular complexity index is 217. The van der Waals surface area contributed by atoms with E-state index in [0.717, 1.165) is 5.75 Å². The van der Waals surface area contributed by atoms with Gasteiger partial charge in [0.05, 0.1) is 13.2 Å². The molecule has 0 unspecified atom stereocenters. The van der Waals surface area contributed by atoms with Gasteiger partial charge in [0, 0.05) is 0 Å². The molecule has 0 heterocycles. The first-order valence-corrected chi connectivity index (χ1v) is 6.20. The number of halogens is 1. The Morgan fingerprint density at radius 2 is 2.12 bits per heavy atom. The van der Waals surface area contributed by atoms with Gasteiger partial charge in [0.2, 0.25) is 5.91 Å². The van der Waals surface area contributed by atoms with Crippen LogP contribution in [0, 0.1) is 0 Å². The monoisotopic (exact) mass is 270 g/mol. The maximum Gasteiger partial charge on any atom is 0.328 e. The predicted octanol–water partition coefficient (Wildman–Crippen LogP) is 0.168. The minimum atomic E-state index is -0.576.